The maximum atomic E-state index is 8.38. The monoisotopic (exact) mass is 371 g/mol. The molecule has 0 bridgehead atoms. The molecule has 0 aliphatic rings. The second kappa shape index (κ2) is 25.4. The predicted molar refractivity (Wildman–Crippen MR) is 16.4 cm³/mol. The van der Waals surface area contributed by atoms with Gasteiger partial charge in [-0.2, -0.15) is 0 Å². The van der Waals surface area contributed by atoms with E-state index < -0.39 is 0 Å². The predicted octanol–water partition coefficient (Wildman–Crippen LogP) is -1.69. The average molecular weight is 371 g/mol. The third-order valence-electron chi connectivity index (χ3n) is 0. The van der Waals surface area contributed by atoms with Crippen molar-refractivity contribution in [2.75, 3.05) is 0 Å². The fourth-order valence-electron chi connectivity index (χ4n) is 0. The normalized spacial score (nSPS) is 0.600. The maximum absolute atomic E-state index is 8.38. The molecule has 0 N–H and O–H groups in total. The summed E-state index contributed by atoms with van der Waals surface area (Å²) in [5, 5.41) is 0. The Kier molecular flexibility index (Phi) is 119. The van der Waals surface area contributed by atoms with Crippen molar-refractivity contribution >= 4 is 64.0 Å². The Hall–Kier alpha value is 3.63. The third kappa shape index (κ3) is 18.4. The second-order valence-electron chi connectivity index (χ2n) is 0. The Labute approximate surface area is 117 Å². The first-order chi connectivity index (χ1) is 1.00. The average Bonchev–Trinajstić information content (AvgIpc) is 1.00. The van der Waals surface area contributed by atoms with Gasteiger partial charge in [0.15, 0.2) is 0 Å². The summed E-state index contributed by atoms with van der Waals surface area (Å²) in [5.74, 6) is 0. The summed E-state index contributed by atoms with van der Waals surface area (Å²) >= 11 is 0.125. The molecule has 0 aromatic rings. The van der Waals surface area contributed by atoms with E-state index in [1.54, 1.807) is 0 Å². The first kappa shape index (κ1) is 23.4. The molecule has 5 heavy (non-hydrogen) atoms. The molecular weight excluding hydrogens is 368 g/mol. The van der Waals surface area contributed by atoms with Crippen LogP contribution in [0.15, 0.2) is 0 Å². The van der Waals surface area contributed by atoms with Gasteiger partial charge in [-0.05, 0) is 0 Å². The molecular formula is H3FeGaLaOSr. The molecule has 0 heterocycles. The summed E-state index contributed by atoms with van der Waals surface area (Å²) in [6.45, 7) is 0. The van der Waals surface area contributed by atoms with Crippen LogP contribution < -0.4 is 0 Å². The van der Waals surface area contributed by atoms with Gasteiger partial charge in [-0.15, -0.1) is 0 Å². The van der Waals surface area contributed by atoms with Crippen LogP contribution >= 0.6 is 0 Å². The van der Waals surface area contributed by atoms with Crippen LogP contribution in [0.2, 0.25) is 0 Å². The quantitative estimate of drug-likeness (QED) is 0.465. The van der Waals surface area contributed by atoms with Gasteiger partial charge in [0.05, 0.1) is 0 Å². The summed E-state index contributed by atoms with van der Waals surface area (Å²) in [5.41, 5.74) is 0. The molecule has 5 heteroatoms. The molecule has 0 saturated heterocycles. The van der Waals surface area contributed by atoms with E-state index in [2.05, 4.69) is 0 Å². The van der Waals surface area contributed by atoms with Crippen molar-refractivity contribution in [3.8, 4) is 0 Å². The van der Waals surface area contributed by atoms with Crippen LogP contribution in [0.4, 0.5) is 0 Å². The Balaban J connectivity index is -0.00000000167. The first-order valence-electron chi connectivity index (χ1n) is 0.289. The SMILES string of the molecule is [Fe].[La].[O]=[GaH].[SrH2]. The third-order valence-corrected chi connectivity index (χ3v) is 0. The van der Waals surface area contributed by atoms with Crippen LogP contribution in [0.1, 0.15) is 0 Å². The van der Waals surface area contributed by atoms with Crippen LogP contribution in [0, 0.1) is 35.6 Å². The van der Waals surface area contributed by atoms with Crippen molar-refractivity contribution in [1.29, 1.82) is 0 Å². The van der Waals surface area contributed by atoms with Gasteiger partial charge >= 0.3 is 67.6 Å². The summed E-state index contributed by atoms with van der Waals surface area (Å²) in [6, 6.07) is 0. The van der Waals surface area contributed by atoms with Crippen molar-refractivity contribution in [2.24, 2.45) is 0 Å². The summed E-state index contributed by atoms with van der Waals surface area (Å²) in [7, 11) is 0. The van der Waals surface area contributed by atoms with Gasteiger partial charge < -0.3 is 0 Å². The van der Waals surface area contributed by atoms with E-state index in [1.165, 1.54) is 0 Å². The minimum atomic E-state index is 0. The van der Waals surface area contributed by atoms with Crippen LogP contribution in [-0.4, -0.2) is 64.0 Å². The van der Waals surface area contributed by atoms with Crippen molar-refractivity contribution in [3.63, 3.8) is 0 Å². The fraction of sp³-hybridized carbons (Fsp3) is 0. The van der Waals surface area contributed by atoms with Crippen molar-refractivity contribution in [3.05, 3.63) is 0 Å². The van der Waals surface area contributed by atoms with Crippen LogP contribution in [0.5, 0.6) is 0 Å². The molecule has 0 amide bonds. The van der Waals surface area contributed by atoms with Crippen LogP contribution in [0.25, 0.3) is 0 Å². The standard InChI is InChI=1S/Fe.Ga.La.O.Sr.3H. The molecule has 25 valence electrons. The Morgan fingerprint density at radius 1 is 1.20 bits per heavy atom. The number of hydrogen-bond acceptors (Lipinski definition) is 1. The van der Waals surface area contributed by atoms with Gasteiger partial charge in [0.2, 0.25) is 0 Å². The molecule has 0 unspecified atom stereocenters. The molecule has 1 nitrogen and oxygen atoms in total. The Bertz CT molecular complexity index is 11.6. The summed E-state index contributed by atoms with van der Waals surface area (Å²) < 4.78 is 8.38. The molecule has 1 radical (unpaired) electrons. The van der Waals surface area contributed by atoms with Gasteiger partial charge in [0.1, 0.15) is 0 Å². The van der Waals surface area contributed by atoms with E-state index in [9.17, 15) is 0 Å². The zero-order valence-corrected chi connectivity index (χ0v) is 9.74. The second-order valence-corrected chi connectivity index (χ2v) is 0. The molecule has 0 aliphatic heterocycles. The molecule has 0 aromatic heterocycles. The van der Waals surface area contributed by atoms with Gasteiger partial charge in [0.25, 0.3) is 0 Å². The molecule has 0 aliphatic carbocycles. The van der Waals surface area contributed by atoms with E-state index in [0.717, 1.165) is 0 Å². The first-order valence-corrected chi connectivity index (χ1v) is 1.50. The van der Waals surface area contributed by atoms with E-state index >= 15 is 0 Å². The van der Waals surface area contributed by atoms with Gasteiger partial charge in [-0.25, -0.2) is 0 Å². The van der Waals surface area contributed by atoms with Crippen LogP contribution in [-0.2, 0) is 20.6 Å². The van der Waals surface area contributed by atoms with Gasteiger partial charge in [-0.3, -0.25) is 0 Å². The topological polar surface area (TPSA) is 17.1 Å². The van der Waals surface area contributed by atoms with Crippen molar-refractivity contribution in [1.82, 2.24) is 0 Å². The van der Waals surface area contributed by atoms with E-state index in [1.807, 2.05) is 0 Å². The van der Waals surface area contributed by atoms with Crippen LogP contribution in [0.3, 0.4) is 0 Å². The molecule has 0 spiro atoms. The van der Waals surface area contributed by atoms with Gasteiger partial charge in [0, 0.05) is 52.7 Å². The summed E-state index contributed by atoms with van der Waals surface area (Å²) in [6.07, 6.45) is 0. The molecule has 0 aromatic carbocycles. The molecule has 0 rings (SSSR count). The number of hydrogen-bond donors (Lipinski definition) is 0. The number of rotatable bonds is 0. The van der Waals surface area contributed by atoms with Crippen molar-refractivity contribution < 1.29 is 56.2 Å². The van der Waals surface area contributed by atoms with E-state index in [0.29, 0.717) is 0 Å². The molecule has 0 atom stereocenters. The van der Waals surface area contributed by atoms with Gasteiger partial charge in [-0.1, -0.05) is 0 Å². The Morgan fingerprint density at radius 3 is 1.20 bits per heavy atom. The molecule has 0 saturated carbocycles. The Morgan fingerprint density at radius 2 is 1.20 bits per heavy atom. The summed E-state index contributed by atoms with van der Waals surface area (Å²) in [4.78, 5) is 0. The zero-order valence-electron chi connectivity index (χ0n) is 2.05. The van der Waals surface area contributed by atoms with Crippen molar-refractivity contribution in [2.45, 2.75) is 0 Å². The minimum absolute atomic E-state index is 0. The van der Waals surface area contributed by atoms with E-state index in [4.69, 9.17) is 3.54 Å². The fourth-order valence-corrected chi connectivity index (χ4v) is 0. The molecule has 0 fully saturated rings. The van der Waals surface area contributed by atoms with E-state index in [-0.39, 0.29) is 117 Å². The zero-order chi connectivity index (χ0) is 2.00.